The van der Waals surface area contributed by atoms with Crippen LogP contribution in [0, 0.1) is 5.92 Å². The predicted octanol–water partition coefficient (Wildman–Crippen LogP) is 1.63. The Morgan fingerprint density at radius 2 is 2.25 bits per heavy atom. The minimum absolute atomic E-state index is 0.0583. The van der Waals surface area contributed by atoms with E-state index in [1.165, 1.54) is 11.3 Å². The van der Waals surface area contributed by atoms with Gasteiger partial charge in [0.05, 0.1) is 0 Å². The third-order valence-electron chi connectivity index (χ3n) is 2.86. The molecule has 1 rings (SSSR count). The van der Waals surface area contributed by atoms with Crippen LogP contribution in [0.5, 0.6) is 0 Å². The van der Waals surface area contributed by atoms with Crippen LogP contribution in [0.4, 0.5) is 4.79 Å². The van der Waals surface area contributed by atoms with Crippen LogP contribution in [0.15, 0.2) is 12.2 Å². The quantitative estimate of drug-likeness (QED) is 0.724. The van der Waals surface area contributed by atoms with Crippen molar-refractivity contribution in [2.75, 3.05) is 27.7 Å². The van der Waals surface area contributed by atoms with E-state index in [0.717, 1.165) is 19.4 Å². The summed E-state index contributed by atoms with van der Waals surface area (Å²) < 4.78 is 5.43. The number of hydrogen-bond donors (Lipinski definition) is 1. The summed E-state index contributed by atoms with van der Waals surface area (Å²) in [5.41, 5.74) is 0. The summed E-state index contributed by atoms with van der Waals surface area (Å²) in [6.07, 6.45) is 7.28. The Morgan fingerprint density at radius 3 is 2.69 bits per heavy atom. The van der Waals surface area contributed by atoms with E-state index in [1.807, 2.05) is 19.2 Å². The van der Waals surface area contributed by atoms with Gasteiger partial charge in [0, 0.05) is 20.6 Å². The maximum Gasteiger partial charge on any atom is 0.409 e. The number of carbonyl (C=O) groups is 1. The second-order valence-electron chi connectivity index (χ2n) is 4.42. The van der Waals surface area contributed by atoms with Crippen LogP contribution in [0.1, 0.15) is 19.3 Å². The molecule has 1 fully saturated rings. The summed E-state index contributed by atoms with van der Waals surface area (Å²) >= 11 is 0. The van der Waals surface area contributed by atoms with E-state index < -0.39 is 0 Å². The number of nitrogens with zero attached hydrogens (tertiary/aromatic N) is 1. The lowest BCUT2D eigenvalue weighted by molar-refractivity contribution is 0.0448. The minimum Gasteiger partial charge on any atom is -0.442 e. The lowest BCUT2D eigenvalue weighted by atomic mass is 9.81. The molecular weight excluding hydrogens is 204 g/mol. The number of amides is 1. The van der Waals surface area contributed by atoms with Gasteiger partial charge in [0.1, 0.15) is 6.10 Å². The number of ether oxygens (including phenoxy) is 1. The van der Waals surface area contributed by atoms with Crippen LogP contribution in [-0.4, -0.2) is 44.8 Å². The molecule has 0 aromatic carbocycles. The van der Waals surface area contributed by atoms with Crippen molar-refractivity contribution in [3.63, 3.8) is 0 Å². The number of rotatable bonds is 5. The van der Waals surface area contributed by atoms with Gasteiger partial charge in [-0.15, -0.1) is 0 Å². The fraction of sp³-hybridized carbons (Fsp3) is 0.750. The lowest BCUT2D eigenvalue weighted by Gasteiger charge is -2.32. The van der Waals surface area contributed by atoms with Crippen molar-refractivity contribution in [2.24, 2.45) is 5.92 Å². The summed E-state index contributed by atoms with van der Waals surface area (Å²) in [5, 5.41) is 3.04. The van der Waals surface area contributed by atoms with E-state index in [1.54, 1.807) is 14.1 Å². The second kappa shape index (κ2) is 6.53. The Bertz CT molecular complexity index is 247. The Balaban J connectivity index is 2.46. The zero-order valence-corrected chi connectivity index (χ0v) is 10.4. The van der Waals surface area contributed by atoms with Crippen LogP contribution in [0.25, 0.3) is 0 Å². The third kappa shape index (κ3) is 3.85. The van der Waals surface area contributed by atoms with Crippen LogP contribution in [0.2, 0.25) is 0 Å². The standard InChI is InChI=1S/C12H22N2O2/c1-13-9-5-8-11(10-6-4-7-10)16-12(15)14(2)3/h5,8,10-11,13H,4,6-7,9H2,1-3H3/b8-5+. The SMILES string of the molecule is CNC/C=C/C(OC(=O)N(C)C)C1CCC1. The van der Waals surface area contributed by atoms with Crippen molar-refractivity contribution in [1.29, 1.82) is 0 Å². The Labute approximate surface area is 97.6 Å². The second-order valence-corrected chi connectivity index (χ2v) is 4.42. The van der Waals surface area contributed by atoms with Gasteiger partial charge in [-0.05, 0) is 31.9 Å². The number of nitrogens with one attached hydrogen (secondary N) is 1. The molecule has 0 aromatic heterocycles. The van der Waals surface area contributed by atoms with Crippen LogP contribution in [0.3, 0.4) is 0 Å². The molecule has 1 N–H and O–H groups in total. The first-order valence-corrected chi connectivity index (χ1v) is 5.84. The fourth-order valence-electron chi connectivity index (χ4n) is 1.60. The highest BCUT2D eigenvalue weighted by Gasteiger charge is 2.28. The number of hydrogen-bond acceptors (Lipinski definition) is 3. The molecule has 92 valence electrons. The molecule has 1 aliphatic rings. The zero-order chi connectivity index (χ0) is 12.0. The van der Waals surface area contributed by atoms with Crippen molar-refractivity contribution in [3.8, 4) is 0 Å². The summed E-state index contributed by atoms with van der Waals surface area (Å²) in [6, 6.07) is 0. The molecule has 1 unspecified atom stereocenters. The van der Waals surface area contributed by atoms with Gasteiger partial charge in [-0.3, -0.25) is 0 Å². The molecule has 0 spiro atoms. The molecule has 16 heavy (non-hydrogen) atoms. The lowest BCUT2D eigenvalue weighted by Crippen LogP contribution is -2.34. The largest absolute Gasteiger partial charge is 0.442 e. The third-order valence-corrected chi connectivity index (χ3v) is 2.86. The molecule has 1 amide bonds. The average molecular weight is 226 g/mol. The predicted molar refractivity (Wildman–Crippen MR) is 64.4 cm³/mol. The normalized spacial score (nSPS) is 18.2. The number of likely N-dealkylation sites (N-methyl/N-ethyl adjacent to an activating group) is 1. The van der Waals surface area contributed by atoms with E-state index in [0.29, 0.717) is 5.92 Å². The molecule has 0 saturated heterocycles. The monoisotopic (exact) mass is 226 g/mol. The zero-order valence-electron chi connectivity index (χ0n) is 10.4. The molecule has 1 saturated carbocycles. The molecule has 4 heteroatoms. The summed E-state index contributed by atoms with van der Waals surface area (Å²) in [5.74, 6) is 0.511. The van der Waals surface area contributed by atoms with E-state index in [-0.39, 0.29) is 12.2 Å². The summed E-state index contributed by atoms with van der Waals surface area (Å²) in [4.78, 5) is 13.0. The van der Waals surface area contributed by atoms with Crippen molar-refractivity contribution < 1.29 is 9.53 Å². The van der Waals surface area contributed by atoms with E-state index in [9.17, 15) is 4.79 Å². The van der Waals surface area contributed by atoms with Crippen molar-refractivity contribution in [1.82, 2.24) is 10.2 Å². The molecular formula is C12H22N2O2. The minimum atomic E-state index is -0.258. The van der Waals surface area contributed by atoms with E-state index in [4.69, 9.17) is 4.74 Å². The van der Waals surface area contributed by atoms with E-state index >= 15 is 0 Å². The molecule has 0 aromatic rings. The molecule has 0 aliphatic heterocycles. The first-order valence-electron chi connectivity index (χ1n) is 5.84. The first kappa shape index (κ1) is 13.0. The fourth-order valence-corrected chi connectivity index (χ4v) is 1.60. The van der Waals surface area contributed by atoms with Crippen LogP contribution < -0.4 is 5.32 Å². The highest BCUT2D eigenvalue weighted by Crippen LogP contribution is 2.32. The highest BCUT2D eigenvalue weighted by molar-refractivity contribution is 5.67. The molecule has 1 atom stereocenters. The van der Waals surface area contributed by atoms with Gasteiger partial charge in [0.2, 0.25) is 0 Å². The van der Waals surface area contributed by atoms with Gasteiger partial charge >= 0.3 is 6.09 Å². The molecule has 0 heterocycles. The van der Waals surface area contributed by atoms with Crippen molar-refractivity contribution >= 4 is 6.09 Å². The van der Waals surface area contributed by atoms with Crippen LogP contribution in [-0.2, 0) is 4.74 Å². The maximum atomic E-state index is 11.5. The van der Waals surface area contributed by atoms with Crippen molar-refractivity contribution in [2.45, 2.75) is 25.4 Å². The van der Waals surface area contributed by atoms with Gasteiger partial charge in [-0.25, -0.2) is 4.79 Å². The molecule has 0 radical (unpaired) electrons. The first-order chi connectivity index (χ1) is 7.65. The summed E-state index contributed by atoms with van der Waals surface area (Å²) in [7, 11) is 5.31. The average Bonchev–Trinajstić information content (AvgIpc) is 2.15. The van der Waals surface area contributed by atoms with Gasteiger partial charge in [-0.2, -0.15) is 0 Å². The van der Waals surface area contributed by atoms with E-state index in [2.05, 4.69) is 5.32 Å². The van der Waals surface area contributed by atoms with Crippen molar-refractivity contribution in [3.05, 3.63) is 12.2 Å². The Hall–Kier alpha value is -1.03. The Kier molecular flexibility index (Phi) is 5.32. The number of carbonyl (C=O) groups excluding carboxylic acids is 1. The van der Waals surface area contributed by atoms with Gasteiger partial charge in [0.15, 0.2) is 0 Å². The molecule has 4 nitrogen and oxygen atoms in total. The Morgan fingerprint density at radius 1 is 1.56 bits per heavy atom. The van der Waals surface area contributed by atoms with Crippen LogP contribution >= 0.6 is 0 Å². The summed E-state index contributed by atoms with van der Waals surface area (Å²) in [6.45, 7) is 0.808. The molecule has 1 aliphatic carbocycles. The highest BCUT2D eigenvalue weighted by atomic mass is 16.6. The van der Waals surface area contributed by atoms with Gasteiger partial charge < -0.3 is 15.0 Å². The van der Waals surface area contributed by atoms with Gasteiger partial charge in [0.25, 0.3) is 0 Å². The smallest absolute Gasteiger partial charge is 0.409 e. The topological polar surface area (TPSA) is 41.6 Å². The maximum absolute atomic E-state index is 11.5. The van der Waals surface area contributed by atoms with Gasteiger partial charge in [-0.1, -0.05) is 12.5 Å². The molecule has 0 bridgehead atoms.